The Bertz CT molecular complexity index is 852. The number of carbonyl (C=O) groups excluding carboxylic acids is 2. The van der Waals surface area contributed by atoms with E-state index in [1.807, 2.05) is 24.3 Å². The zero-order chi connectivity index (χ0) is 16.9. The maximum absolute atomic E-state index is 11.9. The van der Waals surface area contributed by atoms with E-state index in [9.17, 15) is 9.59 Å². The first-order chi connectivity index (χ1) is 11.7. The van der Waals surface area contributed by atoms with Crippen LogP contribution in [0, 0.1) is 0 Å². The number of furan rings is 1. The molecular formula is C17H15N3O4. The number of ketones is 2. The number of ether oxygens (including phenoxy) is 1. The van der Waals surface area contributed by atoms with E-state index in [-0.39, 0.29) is 12.2 Å². The van der Waals surface area contributed by atoms with Crippen molar-refractivity contribution in [2.24, 2.45) is 0 Å². The fraction of sp³-hybridized carbons (Fsp3) is 0.176. The largest absolute Gasteiger partial charge is 0.497 e. The second kappa shape index (κ2) is 6.91. The second-order valence-corrected chi connectivity index (χ2v) is 5.21. The van der Waals surface area contributed by atoms with Gasteiger partial charge in [0.25, 0.3) is 5.78 Å². The topological polar surface area (TPSA) is 98.1 Å². The molecule has 0 amide bonds. The first-order valence-electron chi connectivity index (χ1n) is 7.28. The van der Waals surface area contributed by atoms with Crippen LogP contribution < -0.4 is 4.74 Å². The Balaban J connectivity index is 1.65. The minimum atomic E-state index is -0.710. The normalized spacial score (nSPS) is 10.5. The monoisotopic (exact) mass is 325 g/mol. The summed E-state index contributed by atoms with van der Waals surface area (Å²) in [5.41, 5.74) is 1.98. The van der Waals surface area contributed by atoms with Gasteiger partial charge in [0.15, 0.2) is 5.82 Å². The second-order valence-electron chi connectivity index (χ2n) is 5.21. The van der Waals surface area contributed by atoms with Crippen LogP contribution in [-0.4, -0.2) is 33.9 Å². The van der Waals surface area contributed by atoms with Gasteiger partial charge in [0.05, 0.1) is 19.8 Å². The van der Waals surface area contributed by atoms with Gasteiger partial charge in [0, 0.05) is 6.42 Å². The summed E-state index contributed by atoms with van der Waals surface area (Å²) >= 11 is 0. The molecule has 0 fully saturated rings. The van der Waals surface area contributed by atoms with E-state index in [1.54, 1.807) is 19.4 Å². The number of H-pyrrole nitrogens is 1. The van der Waals surface area contributed by atoms with Crippen molar-refractivity contribution in [2.45, 2.75) is 12.8 Å². The molecule has 0 spiro atoms. The average Bonchev–Trinajstić information content (AvgIpc) is 3.26. The highest BCUT2D eigenvalue weighted by Crippen LogP contribution is 2.18. The Morgan fingerprint density at radius 2 is 2.12 bits per heavy atom. The summed E-state index contributed by atoms with van der Waals surface area (Å²) in [5, 5.41) is 5.93. The Morgan fingerprint density at radius 3 is 2.88 bits per heavy atom. The number of nitrogens with one attached hydrogen (secondary N) is 1. The Labute approximate surface area is 137 Å². The van der Waals surface area contributed by atoms with Gasteiger partial charge in [0.2, 0.25) is 5.78 Å². The average molecular weight is 325 g/mol. The molecule has 1 N–H and O–H groups in total. The molecule has 0 bridgehead atoms. The van der Waals surface area contributed by atoms with E-state index in [0.717, 1.165) is 16.9 Å². The van der Waals surface area contributed by atoms with Crippen LogP contribution in [0.25, 0.3) is 0 Å². The van der Waals surface area contributed by atoms with Crippen LogP contribution in [0.5, 0.6) is 5.75 Å². The Hall–Kier alpha value is -3.22. The fourth-order valence-electron chi connectivity index (χ4n) is 2.32. The predicted octanol–water partition coefficient (Wildman–Crippen LogP) is 1.99. The van der Waals surface area contributed by atoms with Gasteiger partial charge in [-0.3, -0.25) is 14.7 Å². The van der Waals surface area contributed by atoms with Crippen molar-refractivity contribution in [3.05, 3.63) is 65.6 Å². The molecule has 3 aromatic rings. The predicted molar refractivity (Wildman–Crippen MR) is 83.9 cm³/mol. The quantitative estimate of drug-likeness (QED) is 0.527. The highest BCUT2D eigenvalue weighted by molar-refractivity contribution is 6.42. The van der Waals surface area contributed by atoms with Gasteiger partial charge in [-0.05, 0) is 29.3 Å². The van der Waals surface area contributed by atoms with Crippen LogP contribution in [-0.2, 0) is 17.6 Å². The summed E-state index contributed by atoms with van der Waals surface area (Å²) in [6.07, 6.45) is 3.29. The van der Waals surface area contributed by atoms with Crippen LogP contribution in [0.15, 0.2) is 47.3 Å². The SMILES string of the molecule is COc1cccc(Cc2coc(CC(=O)C(=O)c3ncn[nH]3)c2)c1. The molecule has 2 aromatic heterocycles. The molecule has 0 aliphatic heterocycles. The number of rotatable bonds is 7. The number of benzene rings is 1. The van der Waals surface area contributed by atoms with Crippen LogP contribution in [0.1, 0.15) is 27.5 Å². The van der Waals surface area contributed by atoms with Gasteiger partial charge in [-0.2, -0.15) is 5.10 Å². The van der Waals surface area contributed by atoms with E-state index >= 15 is 0 Å². The van der Waals surface area contributed by atoms with Crippen molar-refractivity contribution in [3.63, 3.8) is 0 Å². The molecule has 1 aromatic carbocycles. The van der Waals surface area contributed by atoms with E-state index in [2.05, 4.69) is 15.2 Å². The third kappa shape index (κ3) is 3.57. The molecule has 0 atom stereocenters. The Kier molecular flexibility index (Phi) is 4.51. The fourth-order valence-corrected chi connectivity index (χ4v) is 2.32. The van der Waals surface area contributed by atoms with E-state index in [1.165, 1.54) is 6.33 Å². The lowest BCUT2D eigenvalue weighted by Gasteiger charge is -2.02. The standard InChI is InChI=1S/C17H15N3O4/c1-23-13-4-2-3-11(6-13)5-12-7-14(24-9-12)8-15(21)16(22)17-18-10-19-20-17/h2-4,6-7,9-10H,5,8H2,1H3,(H,18,19,20). The Morgan fingerprint density at radius 1 is 1.25 bits per heavy atom. The van der Waals surface area contributed by atoms with E-state index in [4.69, 9.17) is 9.15 Å². The lowest BCUT2D eigenvalue weighted by molar-refractivity contribution is -0.114. The van der Waals surface area contributed by atoms with Gasteiger partial charge >= 0.3 is 0 Å². The summed E-state index contributed by atoms with van der Waals surface area (Å²) < 4.78 is 10.6. The third-order valence-electron chi connectivity index (χ3n) is 3.47. The van der Waals surface area contributed by atoms with Crippen molar-refractivity contribution in [1.82, 2.24) is 15.2 Å². The minimum absolute atomic E-state index is 0.0665. The number of methoxy groups -OCH3 is 1. The molecule has 7 nitrogen and oxygen atoms in total. The maximum atomic E-state index is 11.9. The first kappa shape index (κ1) is 15.7. The summed E-state index contributed by atoms with van der Waals surface area (Å²) in [7, 11) is 1.62. The zero-order valence-electron chi connectivity index (χ0n) is 13.0. The molecule has 0 aliphatic carbocycles. The van der Waals surface area contributed by atoms with Crippen molar-refractivity contribution >= 4 is 11.6 Å². The molecule has 0 saturated heterocycles. The summed E-state index contributed by atoms with van der Waals surface area (Å²) in [5.74, 6) is -0.162. The summed E-state index contributed by atoms with van der Waals surface area (Å²) in [6, 6.07) is 9.47. The smallest absolute Gasteiger partial charge is 0.265 e. The minimum Gasteiger partial charge on any atom is -0.497 e. The highest BCUT2D eigenvalue weighted by atomic mass is 16.5. The van der Waals surface area contributed by atoms with Crippen molar-refractivity contribution in [3.8, 4) is 5.75 Å². The number of carbonyl (C=O) groups is 2. The molecule has 0 unspecified atom stereocenters. The molecule has 122 valence electrons. The molecule has 7 heteroatoms. The number of aromatic amines is 1. The van der Waals surface area contributed by atoms with Gasteiger partial charge in [-0.25, -0.2) is 4.98 Å². The molecule has 0 saturated carbocycles. The number of aromatic nitrogens is 3. The van der Waals surface area contributed by atoms with E-state index in [0.29, 0.717) is 12.2 Å². The van der Waals surface area contributed by atoms with E-state index < -0.39 is 11.6 Å². The number of hydrogen-bond acceptors (Lipinski definition) is 6. The number of nitrogens with zero attached hydrogens (tertiary/aromatic N) is 2. The lowest BCUT2D eigenvalue weighted by Crippen LogP contribution is -2.17. The van der Waals surface area contributed by atoms with Gasteiger partial charge in [-0.1, -0.05) is 12.1 Å². The molecule has 3 rings (SSSR count). The van der Waals surface area contributed by atoms with Gasteiger partial charge < -0.3 is 9.15 Å². The summed E-state index contributed by atoms with van der Waals surface area (Å²) in [4.78, 5) is 27.5. The van der Waals surface area contributed by atoms with Crippen molar-refractivity contribution in [1.29, 1.82) is 0 Å². The molecular weight excluding hydrogens is 310 g/mol. The van der Waals surface area contributed by atoms with Crippen LogP contribution >= 0.6 is 0 Å². The third-order valence-corrected chi connectivity index (χ3v) is 3.47. The van der Waals surface area contributed by atoms with Crippen molar-refractivity contribution < 1.29 is 18.7 Å². The summed E-state index contributed by atoms with van der Waals surface area (Å²) in [6.45, 7) is 0. The van der Waals surface area contributed by atoms with Crippen LogP contribution in [0.4, 0.5) is 0 Å². The van der Waals surface area contributed by atoms with Gasteiger partial charge in [-0.15, -0.1) is 0 Å². The van der Waals surface area contributed by atoms with Gasteiger partial charge in [0.1, 0.15) is 17.8 Å². The highest BCUT2D eigenvalue weighted by Gasteiger charge is 2.20. The molecule has 0 radical (unpaired) electrons. The number of Topliss-reactive ketones (excluding diaryl/α,β-unsaturated/α-hetero) is 2. The number of hydrogen-bond donors (Lipinski definition) is 1. The zero-order valence-corrected chi connectivity index (χ0v) is 13.0. The molecule has 0 aliphatic rings. The van der Waals surface area contributed by atoms with Crippen LogP contribution in [0.3, 0.4) is 0 Å². The maximum Gasteiger partial charge on any atom is 0.265 e. The lowest BCUT2D eigenvalue weighted by atomic mass is 10.1. The van der Waals surface area contributed by atoms with Crippen LogP contribution in [0.2, 0.25) is 0 Å². The molecule has 24 heavy (non-hydrogen) atoms. The molecule has 2 heterocycles. The van der Waals surface area contributed by atoms with Crippen molar-refractivity contribution in [2.75, 3.05) is 7.11 Å². The first-order valence-corrected chi connectivity index (χ1v) is 7.28.